The molecule has 1 saturated heterocycles. The molecule has 6 heteroatoms. The number of pyridine rings is 1. The molecular weight excluding hydrogens is 304 g/mol. The number of carbonyl (C=O) groups is 1. The molecule has 1 aromatic carbocycles. The Morgan fingerprint density at radius 3 is 2.83 bits per heavy atom. The monoisotopic (exact) mass is 320 g/mol. The van der Waals surface area contributed by atoms with Gasteiger partial charge in [0.1, 0.15) is 0 Å². The minimum atomic E-state index is -0.0823. The second-order valence-electron chi connectivity index (χ2n) is 5.94. The smallest absolute Gasteiger partial charge is 0.232 e. The number of hydrogen-bond acceptors (Lipinski definition) is 5. The van der Waals surface area contributed by atoms with Crippen LogP contribution < -0.4 is 4.90 Å². The Labute approximate surface area is 139 Å². The lowest BCUT2D eigenvalue weighted by Gasteiger charge is -2.16. The van der Waals surface area contributed by atoms with Crippen LogP contribution in [0.15, 0.2) is 53.3 Å². The van der Waals surface area contributed by atoms with Crippen LogP contribution in [-0.2, 0) is 4.79 Å². The van der Waals surface area contributed by atoms with E-state index in [-0.39, 0.29) is 11.8 Å². The third-order valence-corrected chi connectivity index (χ3v) is 4.17. The summed E-state index contributed by atoms with van der Waals surface area (Å²) in [5.41, 5.74) is 2.89. The third kappa shape index (κ3) is 2.67. The number of carbonyl (C=O) groups excluding carboxylic acids is 1. The molecule has 2 aromatic heterocycles. The number of anilines is 1. The fourth-order valence-corrected chi connectivity index (χ4v) is 2.94. The second kappa shape index (κ2) is 5.88. The lowest BCUT2D eigenvalue weighted by molar-refractivity contribution is -0.117. The Morgan fingerprint density at radius 2 is 2.04 bits per heavy atom. The van der Waals surface area contributed by atoms with Gasteiger partial charge in [0.25, 0.3) is 0 Å². The number of benzene rings is 1. The van der Waals surface area contributed by atoms with E-state index in [0.29, 0.717) is 24.7 Å². The molecule has 0 N–H and O–H groups in total. The van der Waals surface area contributed by atoms with Crippen LogP contribution in [0.4, 0.5) is 5.69 Å². The van der Waals surface area contributed by atoms with E-state index in [9.17, 15) is 4.79 Å². The molecule has 1 atom stereocenters. The molecular formula is C18H16N4O2. The van der Waals surface area contributed by atoms with Gasteiger partial charge in [-0.15, -0.1) is 0 Å². The van der Waals surface area contributed by atoms with Gasteiger partial charge in [-0.25, -0.2) is 0 Å². The van der Waals surface area contributed by atoms with Crippen molar-refractivity contribution in [3.63, 3.8) is 0 Å². The van der Waals surface area contributed by atoms with Gasteiger partial charge in [-0.3, -0.25) is 9.78 Å². The number of aromatic nitrogens is 3. The molecule has 120 valence electrons. The maximum Gasteiger partial charge on any atom is 0.232 e. The molecule has 0 aliphatic carbocycles. The minimum Gasteiger partial charge on any atom is -0.339 e. The van der Waals surface area contributed by atoms with Crippen molar-refractivity contribution in [2.75, 3.05) is 11.4 Å². The predicted molar refractivity (Wildman–Crippen MR) is 88.4 cm³/mol. The largest absolute Gasteiger partial charge is 0.339 e. The molecule has 0 saturated carbocycles. The van der Waals surface area contributed by atoms with Crippen LogP contribution in [0, 0.1) is 6.92 Å². The van der Waals surface area contributed by atoms with E-state index >= 15 is 0 Å². The predicted octanol–water partition coefficient (Wildman–Crippen LogP) is 2.96. The van der Waals surface area contributed by atoms with E-state index in [1.807, 2.05) is 43.3 Å². The molecule has 1 unspecified atom stereocenters. The van der Waals surface area contributed by atoms with Crippen molar-refractivity contribution in [2.45, 2.75) is 19.3 Å². The number of aryl methyl sites for hydroxylation is 1. The Hall–Kier alpha value is -3.02. The van der Waals surface area contributed by atoms with Crippen LogP contribution in [0.1, 0.15) is 23.8 Å². The second-order valence-corrected chi connectivity index (χ2v) is 5.94. The summed E-state index contributed by atoms with van der Waals surface area (Å²) in [7, 11) is 0. The Morgan fingerprint density at radius 1 is 1.21 bits per heavy atom. The number of nitrogens with zero attached hydrogens (tertiary/aromatic N) is 4. The molecule has 3 aromatic rings. The number of rotatable bonds is 3. The number of hydrogen-bond donors (Lipinski definition) is 0. The van der Waals surface area contributed by atoms with Crippen LogP contribution in [0.2, 0.25) is 0 Å². The molecule has 6 nitrogen and oxygen atoms in total. The van der Waals surface area contributed by atoms with Crippen molar-refractivity contribution in [3.8, 4) is 11.4 Å². The molecule has 0 radical (unpaired) electrons. The molecule has 1 aliphatic heterocycles. The van der Waals surface area contributed by atoms with E-state index in [1.54, 1.807) is 17.3 Å². The van der Waals surface area contributed by atoms with Crippen LogP contribution >= 0.6 is 0 Å². The molecule has 1 amide bonds. The van der Waals surface area contributed by atoms with Gasteiger partial charge in [0.2, 0.25) is 17.6 Å². The fraction of sp³-hybridized carbons (Fsp3) is 0.222. The lowest BCUT2D eigenvalue weighted by Crippen LogP contribution is -2.24. The highest BCUT2D eigenvalue weighted by Gasteiger charge is 2.35. The minimum absolute atomic E-state index is 0.0780. The van der Waals surface area contributed by atoms with Crippen molar-refractivity contribution in [3.05, 3.63) is 60.2 Å². The van der Waals surface area contributed by atoms with Crippen molar-refractivity contribution in [2.24, 2.45) is 0 Å². The molecule has 0 spiro atoms. The average molecular weight is 320 g/mol. The van der Waals surface area contributed by atoms with Crippen molar-refractivity contribution in [1.82, 2.24) is 15.1 Å². The molecule has 3 heterocycles. The van der Waals surface area contributed by atoms with Crippen LogP contribution in [0.5, 0.6) is 0 Å². The molecule has 4 rings (SSSR count). The van der Waals surface area contributed by atoms with Gasteiger partial charge in [0.05, 0.1) is 5.92 Å². The molecule has 1 fully saturated rings. The highest BCUT2D eigenvalue weighted by molar-refractivity contribution is 5.96. The van der Waals surface area contributed by atoms with Gasteiger partial charge >= 0.3 is 0 Å². The fourth-order valence-electron chi connectivity index (χ4n) is 2.94. The Bertz CT molecular complexity index is 875. The van der Waals surface area contributed by atoms with Gasteiger partial charge in [-0.2, -0.15) is 4.98 Å². The molecule has 24 heavy (non-hydrogen) atoms. The van der Waals surface area contributed by atoms with Gasteiger partial charge in [0.15, 0.2) is 0 Å². The first kappa shape index (κ1) is 14.6. The lowest BCUT2D eigenvalue weighted by atomic mass is 10.1. The summed E-state index contributed by atoms with van der Waals surface area (Å²) in [4.78, 5) is 22.6. The summed E-state index contributed by atoms with van der Waals surface area (Å²) in [5.74, 6) is 1.02. The summed E-state index contributed by atoms with van der Waals surface area (Å²) >= 11 is 0. The summed E-state index contributed by atoms with van der Waals surface area (Å²) in [6.07, 6.45) is 3.75. The zero-order valence-corrected chi connectivity index (χ0v) is 13.2. The normalized spacial score (nSPS) is 17.5. The van der Waals surface area contributed by atoms with Gasteiger partial charge < -0.3 is 9.42 Å². The van der Waals surface area contributed by atoms with Crippen molar-refractivity contribution < 1.29 is 9.32 Å². The highest BCUT2D eigenvalue weighted by Crippen LogP contribution is 2.32. The molecule has 1 aliphatic rings. The SMILES string of the molecule is Cc1cccc(N2CC(c3nc(-c4ccncc4)no3)CC2=O)c1. The maximum atomic E-state index is 12.4. The van der Waals surface area contributed by atoms with Crippen LogP contribution in [0.3, 0.4) is 0 Å². The van der Waals surface area contributed by atoms with Crippen LogP contribution in [0.25, 0.3) is 11.4 Å². The first-order valence-electron chi connectivity index (χ1n) is 7.82. The summed E-state index contributed by atoms with van der Waals surface area (Å²) in [6.45, 7) is 2.57. The van der Waals surface area contributed by atoms with Crippen LogP contribution in [-0.4, -0.2) is 27.6 Å². The summed E-state index contributed by atoms with van der Waals surface area (Å²) in [6, 6.07) is 11.6. The van der Waals surface area contributed by atoms with Crippen molar-refractivity contribution >= 4 is 11.6 Å². The summed E-state index contributed by atoms with van der Waals surface area (Å²) in [5, 5.41) is 4.02. The quantitative estimate of drug-likeness (QED) is 0.742. The van der Waals surface area contributed by atoms with E-state index < -0.39 is 0 Å². The first-order valence-corrected chi connectivity index (χ1v) is 7.82. The zero-order chi connectivity index (χ0) is 16.5. The third-order valence-electron chi connectivity index (χ3n) is 4.17. The topological polar surface area (TPSA) is 72.1 Å². The van der Waals surface area contributed by atoms with Gasteiger partial charge in [-0.05, 0) is 36.8 Å². The van der Waals surface area contributed by atoms with Gasteiger partial charge in [-0.1, -0.05) is 17.3 Å². The zero-order valence-electron chi connectivity index (χ0n) is 13.2. The average Bonchev–Trinajstić information content (AvgIpc) is 3.22. The first-order chi connectivity index (χ1) is 11.7. The van der Waals surface area contributed by atoms with E-state index in [0.717, 1.165) is 16.8 Å². The van der Waals surface area contributed by atoms with Gasteiger partial charge in [0, 0.05) is 36.6 Å². The van der Waals surface area contributed by atoms with Crippen molar-refractivity contribution in [1.29, 1.82) is 0 Å². The molecule has 0 bridgehead atoms. The van der Waals surface area contributed by atoms with E-state index in [2.05, 4.69) is 15.1 Å². The Balaban J connectivity index is 1.56. The number of amides is 1. The summed E-state index contributed by atoms with van der Waals surface area (Å²) < 4.78 is 5.40. The Kier molecular flexibility index (Phi) is 3.57. The maximum absolute atomic E-state index is 12.4. The van der Waals surface area contributed by atoms with E-state index in [1.165, 1.54) is 0 Å². The standard InChI is InChI=1S/C18H16N4O2/c1-12-3-2-4-15(9-12)22-11-14(10-16(22)23)18-20-17(21-24-18)13-5-7-19-8-6-13/h2-9,14H,10-11H2,1H3. The highest BCUT2D eigenvalue weighted by atomic mass is 16.5. The van der Waals surface area contributed by atoms with E-state index in [4.69, 9.17) is 4.52 Å².